The summed E-state index contributed by atoms with van der Waals surface area (Å²) in [6, 6.07) is 0. The summed E-state index contributed by atoms with van der Waals surface area (Å²) < 4.78 is 2.03. The second kappa shape index (κ2) is 3.99. The van der Waals surface area contributed by atoms with Crippen LogP contribution in [0.3, 0.4) is 0 Å². The third kappa shape index (κ3) is 1.95. The molecule has 0 spiro atoms. The van der Waals surface area contributed by atoms with E-state index in [1.807, 2.05) is 4.68 Å². The van der Waals surface area contributed by atoms with Crippen LogP contribution in [0.2, 0.25) is 0 Å². The molecule has 0 N–H and O–H groups in total. The number of aromatic nitrogens is 2. The topological polar surface area (TPSA) is 17.8 Å². The molecule has 15 heavy (non-hydrogen) atoms. The normalized spacial score (nSPS) is 26.9. The number of hydrogen-bond acceptors (Lipinski definition) is 1. The van der Waals surface area contributed by atoms with E-state index in [1.54, 1.807) is 0 Å². The molecule has 0 saturated heterocycles. The molecule has 2 rings (SSSR count). The first-order valence-electron chi connectivity index (χ1n) is 6.09. The largest absolute Gasteiger partial charge is 0.272 e. The summed E-state index contributed by atoms with van der Waals surface area (Å²) in [5.41, 5.74) is 4.14. The zero-order valence-electron chi connectivity index (χ0n) is 10.4. The SMILES string of the molecule is Cc1nn(C)c(C)c1C1CCCC(C)C1. The van der Waals surface area contributed by atoms with Crippen molar-refractivity contribution in [2.45, 2.75) is 52.4 Å². The van der Waals surface area contributed by atoms with Gasteiger partial charge in [0.05, 0.1) is 5.69 Å². The van der Waals surface area contributed by atoms with Gasteiger partial charge in [0.1, 0.15) is 0 Å². The van der Waals surface area contributed by atoms with Crippen molar-refractivity contribution in [1.29, 1.82) is 0 Å². The maximum absolute atomic E-state index is 4.53. The van der Waals surface area contributed by atoms with Crippen LogP contribution in [-0.4, -0.2) is 9.78 Å². The highest BCUT2D eigenvalue weighted by atomic mass is 15.3. The van der Waals surface area contributed by atoms with Crippen molar-refractivity contribution in [3.05, 3.63) is 17.0 Å². The zero-order valence-corrected chi connectivity index (χ0v) is 10.4. The van der Waals surface area contributed by atoms with Crippen LogP contribution in [0.15, 0.2) is 0 Å². The smallest absolute Gasteiger partial charge is 0.0631 e. The lowest BCUT2D eigenvalue weighted by atomic mass is 9.78. The Morgan fingerprint density at radius 2 is 2.00 bits per heavy atom. The van der Waals surface area contributed by atoms with Crippen molar-refractivity contribution >= 4 is 0 Å². The summed E-state index contributed by atoms with van der Waals surface area (Å²) in [5, 5.41) is 4.53. The molecule has 0 aliphatic heterocycles. The van der Waals surface area contributed by atoms with Crippen molar-refractivity contribution < 1.29 is 0 Å². The Balaban J connectivity index is 2.28. The Morgan fingerprint density at radius 3 is 2.53 bits per heavy atom. The van der Waals surface area contributed by atoms with Gasteiger partial charge in [-0.15, -0.1) is 0 Å². The number of hydrogen-bond donors (Lipinski definition) is 0. The van der Waals surface area contributed by atoms with E-state index < -0.39 is 0 Å². The molecule has 1 aromatic rings. The first kappa shape index (κ1) is 10.7. The molecule has 0 amide bonds. The molecule has 1 aromatic heterocycles. The second-order valence-electron chi connectivity index (χ2n) is 5.18. The molecule has 1 heterocycles. The molecule has 0 bridgehead atoms. The summed E-state index contributed by atoms with van der Waals surface area (Å²) in [4.78, 5) is 0. The lowest BCUT2D eigenvalue weighted by Gasteiger charge is -2.27. The molecule has 1 aliphatic carbocycles. The summed E-state index contributed by atoms with van der Waals surface area (Å²) in [6.45, 7) is 6.74. The summed E-state index contributed by atoms with van der Waals surface area (Å²) in [7, 11) is 2.05. The van der Waals surface area contributed by atoms with Crippen LogP contribution in [0.1, 0.15) is 55.5 Å². The number of nitrogens with zero attached hydrogens (tertiary/aromatic N) is 2. The summed E-state index contributed by atoms with van der Waals surface area (Å²) in [6.07, 6.45) is 5.51. The highest BCUT2D eigenvalue weighted by molar-refractivity contribution is 5.29. The predicted octanol–water partition coefficient (Wildman–Crippen LogP) is 3.33. The summed E-state index contributed by atoms with van der Waals surface area (Å²) >= 11 is 0. The van der Waals surface area contributed by atoms with Gasteiger partial charge in [-0.05, 0) is 44.1 Å². The highest BCUT2D eigenvalue weighted by Gasteiger charge is 2.25. The van der Waals surface area contributed by atoms with E-state index in [4.69, 9.17) is 0 Å². The van der Waals surface area contributed by atoms with Crippen molar-refractivity contribution in [3.63, 3.8) is 0 Å². The van der Waals surface area contributed by atoms with Crippen LogP contribution in [0.4, 0.5) is 0 Å². The van der Waals surface area contributed by atoms with E-state index in [2.05, 4.69) is 32.9 Å². The number of rotatable bonds is 1. The van der Waals surface area contributed by atoms with Crippen LogP contribution >= 0.6 is 0 Å². The van der Waals surface area contributed by atoms with Crippen LogP contribution in [0.5, 0.6) is 0 Å². The van der Waals surface area contributed by atoms with Gasteiger partial charge in [0.15, 0.2) is 0 Å². The minimum absolute atomic E-state index is 0.766. The van der Waals surface area contributed by atoms with Crippen molar-refractivity contribution in [2.75, 3.05) is 0 Å². The van der Waals surface area contributed by atoms with Gasteiger partial charge in [-0.3, -0.25) is 4.68 Å². The molecule has 2 atom stereocenters. The average Bonchev–Trinajstić information content (AvgIpc) is 2.41. The van der Waals surface area contributed by atoms with Crippen LogP contribution in [0, 0.1) is 19.8 Å². The molecule has 1 fully saturated rings. The summed E-state index contributed by atoms with van der Waals surface area (Å²) in [5.74, 6) is 1.66. The molecular formula is C13H22N2. The lowest BCUT2D eigenvalue weighted by Crippen LogP contribution is -2.13. The molecule has 0 radical (unpaired) electrons. The Kier molecular flexibility index (Phi) is 2.85. The fraction of sp³-hybridized carbons (Fsp3) is 0.769. The van der Waals surface area contributed by atoms with Crippen LogP contribution in [-0.2, 0) is 7.05 Å². The van der Waals surface area contributed by atoms with Gasteiger partial charge in [0.2, 0.25) is 0 Å². The minimum atomic E-state index is 0.766. The minimum Gasteiger partial charge on any atom is -0.272 e. The van der Waals surface area contributed by atoms with Crippen LogP contribution in [0.25, 0.3) is 0 Å². The fourth-order valence-corrected chi connectivity index (χ4v) is 3.08. The fourth-order valence-electron chi connectivity index (χ4n) is 3.08. The maximum atomic E-state index is 4.53. The Labute approximate surface area is 92.7 Å². The first-order chi connectivity index (χ1) is 7.09. The zero-order chi connectivity index (χ0) is 11.0. The van der Waals surface area contributed by atoms with E-state index >= 15 is 0 Å². The monoisotopic (exact) mass is 206 g/mol. The van der Waals surface area contributed by atoms with Gasteiger partial charge in [-0.25, -0.2) is 0 Å². The van der Waals surface area contributed by atoms with E-state index in [-0.39, 0.29) is 0 Å². The van der Waals surface area contributed by atoms with Gasteiger partial charge < -0.3 is 0 Å². The van der Waals surface area contributed by atoms with Crippen LogP contribution < -0.4 is 0 Å². The molecule has 2 unspecified atom stereocenters. The van der Waals surface area contributed by atoms with Crippen molar-refractivity contribution in [1.82, 2.24) is 9.78 Å². The third-order valence-corrected chi connectivity index (χ3v) is 3.91. The second-order valence-corrected chi connectivity index (χ2v) is 5.18. The van der Waals surface area contributed by atoms with Gasteiger partial charge in [-0.2, -0.15) is 5.10 Å². The number of aryl methyl sites for hydroxylation is 2. The Hall–Kier alpha value is -0.790. The molecular weight excluding hydrogens is 184 g/mol. The predicted molar refractivity (Wildman–Crippen MR) is 63.1 cm³/mol. The molecule has 2 heteroatoms. The van der Waals surface area contributed by atoms with Crippen molar-refractivity contribution in [3.8, 4) is 0 Å². The van der Waals surface area contributed by atoms with Gasteiger partial charge in [0, 0.05) is 12.7 Å². The molecule has 2 nitrogen and oxygen atoms in total. The van der Waals surface area contributed by atoms with Gasteiger partial charge >= 0.3 is 0 Å². The highest BCUT2D eigenvalue weighted by Crippen LogP contribution is 2.38. The van der Waals surface area contributed by atoms with Gasteiger partial charge in [0.25, 0.3) is 0 Å². The lowest BCUT2D eigenvalue weighted by molar-refractivity contribution is 0.342. The van der Waals surface area contributed by atoms with Gasteiger partial charge in [-0.1, -0.05) is 19.8 Å². The first-order valence-corrected chi connectivity index (χ1v) is 6.09. The molecule has 84 valence electrons. The average molecular weight is 206 g/mol. The third-order valence-electron chi connectivity index (χ3n) is 3.91. The molecule has 1 saturated carbocycles. The Morgan fingerprint density at radius 1 is 1.27 bits per heavy atom. The molecule has 1 aliphatic rings. The standard InChI is InChI=1S/C13H22N2/c1-9-6-5-7-12(8-9)13-10(2)14-15(4)11(13)3/h9,12H,5-8H2,1-4H3. The van der Waals surface area contributed by atoms with E-state index in [0.29, 0.717) is 0 Å². The van der Waals surface area contributed by atoms with E-state index in [0.717, 1.165) is 11.8 Å². The maximum Gasteiger partial charge on any atom is 0.0631 e. The Bertz CT molecular complexity index is 352. The van der Waals surface area contributed by atoms with E-state index in [1.165, 1.54) is 42.6 Å². The van der Waals surface area contributed by atoms with Crippen molar-refractivity contribution in [2.24, 2.45) is 13.0 Å². The molecule has 0 aromatic carbocycles. The van der Waals surface area contributed by atoms with E-state index in [9.17, 15) is 0 Å². The quantitative estimate of drug-likeness (QED) is 0.689.